The molecule has 0 spiro atoms. The molecule has 0 bridgehead atoms. The standard InChI is InChI=1S/C10H16N3O/c1-4-9(12-8(3)14)10-11-6-7-13(10)5-2/h7,9H,4-5H2,1-3H3,(H,12,14). The number of aryl methyl sites for hydroxylation is 1. The van der Waals surface area contributed by atoms with Crippen LogP contribution in [0, 0.1) is 6.20 Å². The van der Waals surface area contributed by atoms with Gasteiger partial charge in [0.25, 0.3) is 0 Å². The summed E-state index contributed by atoms with van der Waals surface area (Å²) in [5.41, 5.74) is 0. The number of rotatable bonds is 4. The first-order valence-corrected chi connectivity index (χ1v) is 4.89. The molecule has 1 aromatic rings. The van der Waals surface area contributed by atoms with Crippen LogP contribution in [0.2, 0.25) is 0 Å². The van der Waals surface area contributed by atoms with E-state index in [1.807, 2.05) is 18.4 Å². The fourth-order valence-corrected chi connectivity index (χ4v) is 1.42. The Balaban J connectivity index is 2.82. The summed E-state index contributed by atoms with van der Waals surface area (Å²) in [4.78, 5) is 15.1. The van der Waals surface area contributed by atoms with E-state index in [-0.39, 0.29) is 11.9 Å². The second kappa shape index (κ2) is 4.79. The molecule has 1 aromatic heterocycles. The fraction of sp³-hybridized carbons (Fsp3) is 0.600. The van der Waals surface area contributed by atoms with Crippen LogP contribution in [0.4, 0.5) is 0 Å². The number of aromatic nitrogens is 2. The molecule has 0 saturated heterocycles. The first-order valence-electron chi connectivity index (χ1n) is 4.89. The topological polar surface area (TPSA) is 46.9 Å². The van der Waals surface area contributed by atoms with Crippen molar-refractivity contribution in [1.29, 1.82) is 0 Å². The minimum atomic E-state index is -0.0255. The highest BCUT2D eigenvalue weighted by atomic mass is 16.1. The summed E-state index contributed by atoms with van der Waals surface area (Å²) in [5, 5.41) is 2.86. The summed E-state index contributed by atoms with van der Waals surface area (Å²) in [6.45, 7) is 6.43. The van der Waals surface area contributed by atoms with Gasteiger partial charge < -0.3 is 9.88 Å². The van der Waals surface area contributed by atoms with Crippen LogP contribution >= 0.6 is 0 Å². The Morgan fingerprint density at radius 2 is 2.43 bits per heavy atom. The highest BCUT2D eigenvalue weighted by molar-refractivity contribution is 5.73. The van der Waals surface area contributed by atoms with Gasteiger partial charge in [0, 0.05) is 19.7 Å². The molecule has 1 heterocycles. The SMILES string of the molecule is CCC(NC(C)=O)c1n[c]cn1CC. The van der Waals surface area contributed by atoms with Gasteiger partial charge in [-0.1, -0.05) is 6.92 Å². The zero-order valence-corrected chi connectivity index (χ0v) is 8.87. The Bertz CT molecular complexity index is 306. The number of nitrogens with one attached hydrogen (secondary N) is 1. The monoisotopic (exact) mass is 194 g/mol. The molecule has 1 atom stereocenters. The number of carbonyl (C=O) groups is 1. The summed E-state index contributed by atoms with van der Waals surface area (Å²) in [6, 6.07) is -0.00120. The summed E-state index contributed by atoms with van der Waals surface area (Å²) in [7, 11) is 0. The van der Waals surface area contributed by atoms with Crippen molar-refractivity contribution in [1.82, 2.24) is 14.9 Å². The van der Waals surface area contributed by atoms with Gasteiger partial charge in [0.2, 0.25) is 5.91 Å². The molecular weight excluding hydrogens is 178 g/mol. The third-order valence-corrected chi connectivity index (χ3v) is 2.13. The predicted molar refractivity (Wildman–Crippen MR) is 53.6 cm³/mol. The van der Waals surface area contributed by atoms with E-state index < -0.39 is 0 Å². The van der Waals surface area contributed by atoms with Crippen molar-refractivity contribution >= 4 is 5.91 Å². The minimum Gasteiger partial charge on any atom is -0.346 e. The molecule has 14 heavy (non-hydrogen) atoms. The highest BCUT2D eigenvalue weighted by Gasteiger charge is 2.15. The van der Waals surface area contributed by atoms with E-state index in [1.54, 1.807) is 6.20 Å². The van der Waals surface area contributed by atoms with Gasteiger partial charge in [0.15, 0.2) is 0 Å². The Morgan fingerprint density at radius 3 is 2.93 bits per heavy atom. The lowest BCUT2D eigenvalue weighted by atomic mass is 10.2. The number of hydrogen-bond acceptors (Lipinski definition) is 2. The maximum absolute atomic E-state index is 10.9. The molecule has 77 valence electrons. The van der Waals surface area contributed by atoms with E-state index in [9.17, 15) is 4.79 Å². The maximum atomic E-state index is 10.9. The normalized spacial score (nSPS) is 12.5. The van der Waals surface area contributed by atoms with Crippen LogP contribution in [-0.2, 0) is 11.3 Å². The number of imidazole rings is 1. The van der Waals surface area contributed by atoms with Crippen LogP contribution in [0.15, 0.2) is 6.20 Å². The molecule has 0 aromatic carbocycles. The number of amides is 1. The van der Waals surface area contributed by atoms with Crippen LogP contribution < -0.4 is 5.32 Å². The molecule has 0 aliphatic rings. The maximum Gasteiger partial charge on any atom is 0.217 e. The molecule has 1 unspecified atom stereocenters. The van der Waals surface area contributed by atoms with Gasteiger partial charge in [-0.25, -0.2) is 4.98 Å². The molecule has 4 heteroatoms. The quantitative estimate of drug-likeness (QED) is 0.785. The van der Waals surface area contributed by atoms with E-state index in [2.05, 4.69) is 16.5 Å². The van der Waals surface area contributed by atoms with Crippen LogP contribution in [0.5, 0.6) is 0 Å². The first-order chi connectivity index (χ1) is 6.69. The molecule has 0 aliphatic heterocycles. The van der Waals surface area contributed by atoms with Crippen LogP contribution in [0.1, 0.15) is 39.1 Å². The van der Waals surface area contributed by atoms with E-state index in [0.29, 0.717) is 0 Å². The summed E-state index contributed by atoms with van der Waals surface area (Å²) in [6.07, 6.45) is 5.44. The summed E-state index contributed by atoms with van der Waals surface area (Å²) >= 11 is 0. The molecule has 4 nitrogen and oxygen atoms in total. The molecule has 0 aliphatic carbocycles. The average molecular weight is 194 g/mol. The first kappa shape index (κ1) is 10.8. The molecule has 1 amide bonds. The van der Waals surface area contributed by atoms with E-state index in [0.717, 1.165) is 18.8 Å². The molecule has 1 N–H and O–H groups in total. The Hall–Kier alpha value is -1.32. The molecule has 0 fully saturated rings. The zero-order chi connectivity index (χ0) is 10.6. The van der Waals surface area contributed by atoms with Crippen molar-refractivity contribution < 1.29 is 4.79 Å². The van der Waals surface area contributed by atoms with Crippen molar-refractivity contribution in [2.75, 3.05) is 0 Å². The second-order valence-corrected chi connectivity index (χ2v) is 3.18. The van der Waals surface area contributed by atoms with Crippen LogP contribution in [0.3, 0.4) is 0 Å². The van der Waals surface area contributed by atoms with E-state index >= 15 is 0 Å². The summed E-state index contributed by atoms with van der Waals surface area (Å²) in [5.74, 6) is 0.854. The van der Waals surface area contributed by atoms with Crippen molar-refractivity contribution in [2.24, 2.45) is 0 Å². The smallest absolute Gasteiger partial charge is 0.217 e. The van der Waals surface area contributed by atoms with Crippen molar-refractivity contribution in [3.05, 3.63) is 18.2 Å². The number of hydrogen-bond donors (Lipinski definition) is 1. The predicted octanol–water partition coefficient (Wildman–Crippen LogP) is 1.29. The van der Waals surface area contributed by atoms with Crippen molar-refractivity contribution in [3.8, 4) is 0 Å². The molecule has 0 saturated carbocycles. The Labute approximate surface area is 84.3 Å². The van der Waals surface area contributed by atoms with Gasteiger partial charge in [0.05, 0.1) is 6.04 Å². The van der Waals surface area contributed by atoms with Gasteiger partial charge in [-0.3, -0.25) is 4.79 Å². The fourth-order valence-electron chi connectivity index (χ4n) is 1.42. The van der Waals surface area contributed by atoms with Crippen LogP contribution in [0.25, 0.3) is 0 Å². The van der Waals surface area contributed by atoms with E-state index in [1.165, 1.54) is 6.92 Å². The molecule has 1 rings (SSSR count). The summed E-state index contributed by atoms with van der Waals surface area (Å²) < 4.78 is 1.99. The third kappa shape index (κ3) is 2.34. The van der Waals surface area contributed by atoms with Gasteiger partial charge in [-0.2, -0.15) is 0 Å². The lowest BCUT2D eigenvalue weighted by Crippen LogP contribution is -2.27. The Morgan fingerprint density at radius 1 is 1.71 bits per heavy atom. The number of carbonyl (C=O) groups excluding carboxylic acids is 1. The second-order valence-electron chi connectivity index (χ2n) is 3.18. The lowest BCUT2D eigenvalue weighted by molar-refractivity contribution is -0.119. The molecular formula is C10H16N3O. The molecule has 1 radical (unpaired) electrons. The van der Waals surface area contributed by atoms with E-state index in [4.69, 9.17) is 0 Å². The highest BCUT2D eigenvalue weighted by Crippen LogP contribution is 2.13. The van der Waals surface area contributed by atoms with Crippen molar-refractivity contribution in [2.45, 2.75) is 39.8 Å². The Kier molecular flexibility index (Phi) is 3.68. The zero-order valence-electron chi connectivity index (χ0n) is 8.87. The van der Waals surface area contributed by atoms with Gasteiger partial charge >= 0.3 is 0 Å². The van der Waals surface area contributed by atoms with Gasteiger partial charge in [0.1, 0.15) is 12.0 Å². The van der Waals surface area contributed by atoms with Crippen LogP contribution in [-0.4, -0.2) is 15.5 Å². The van der Waals surface area contributed by atoms with Gasteiger partial charge in [-0.05, 0) is 13.3 Å². The largest absolute Gasteiger partial charge is 0.346 e. The average Bonchev–Trinajstić information content (AvgIpc) is 2.61. The minimum absolute atomic E-state index is 0.00120. The third-order valence-electron chi connectivity index (χ3n) is 2.13. The number of nitrogens with zero attached hydrogens (tertiary/aromatic N) is 2. The van der Waals surface area contributed by atoms with Crippen molar-refractivity contribution in [3.63, 3.8) is 0 Å². The van der Waals surface area contributed by atoms with Gasteiger partial charge in [-0.15, -0.1) is 0 Å². The lowest BCUT2D eigenvalue weighted by Gasteiger charge is -2.16.